The third-order valence-electron chi connectivity index (χ3n) is 3.01. The van der Waals surface area contributed by atoms with Crippen molar-refractivity contribution in [2.45, 2.75) is 6.92 Å². The molecule has 0 bridgehead atoms. The summed E-state index contributed by atoms with van der Waals surface area (Å²) >= 11 is 13.0. The smallest absolute Gasteiger partial charge is 0.286 e. The Morgan fingerprint density at radius 2 is 2.04 bits per heavy atom. The van der Waals surface area contributed by atoms with Crippen LogP contribution in [-0.4, -0.2) is 17.0 Å². The van der Waals surface area contributed by atoms with Gasteiger partial charge in [-0.15, -0.1) is 0 Å². The van der Waals surface area contributed by atoms with E-state index in [0.29, 0.717) is 26.5 Å². The number of rotatable bonds is 2. The number of benzene rings is 1. The number of nitrogens with one attached hydrogen (secondary N) is 1. The highest BCUT2D eigenvalue weighted by molar-refractivity contribution is 8.18. The van der Waals surface area contributed by atoms with Gasteiger partial charge in [0, 0.05) is 18.6 Å². The Hall–Kier alpha value is -2.02. The van der Waals surface area contributed by atoms with E-state index in [4.69, 9.17) is 27.6 Å². The summed E-state index contributed by atoms with van der Waals surface area (Å²) < 4.78 is 5.71. The predicted molar refractivity (Wildman–Crippen MR) is 96.0 cm³/mol. The van der Waals surface area contributed by atoms with Crippen molar-refractivity contribution in [2.24, 2.45) is 4.99 Å². The normalized spacial score (nSPS) is 15.7. The van der Waals surface area contributed by atoms with Crippen molar-refractivity contribution in [1.29, 1.82) is 0 Å². The molecule has 1 aromatic carbocycles. The molecule has 8 heteroatoms. The molecule has 1 aliphatic rings. The second kappa shape index (κ2) is 6.84. The fraction of sp³-hybridized carbons (Fsp3) is 0.0625. The Kier molecular flexibility index (Phi) is 4.80. The van der Waals surface area contributed by atoms with Crippen LogP contribution in [0.25, 0.3) is 17.4 Å². The van der Waals surface area contributed by atoms with E-state index in [-0.39, 0.29) is 11.1 Å². The number of amidine groups is 1. The molecule has 0 spiro atoms. The molecular formula is C16H10Cl2N2O3S. The predicted octanol–water partition coefficient (Wildman–Crippen LogP) is 4.36. The summed E-state index contributed by atoms with van der Waals surface area (Å²) in [4.78, 5) is 27.0. The number of nitrogens with zero attached hydrogens (tertiary/aromatic N) is 1. The van der Waals surface area contributed by atoms with Crippen LogP contribution < -0.4 is 5.32 Å². The van der Waals surface area contributed by atoms with Gasteiger partial charge in [-0.25, -0.2) is 0 Å². The third-order valence-corrected chi connectivity index (χ3v) is 4.65. The largest absolute Gasteiger partial charge is 0.457 e. The van der Waals surface area contributed by atoms with Crippen LogP contribution >= 0.6 is 35.0 Å². The lowest BCUT2D eigenvalue weighted by molar-refractivity contribution is -0.117. The van der Waals surface area contributed by atoms with Crippen LogP contribution in [0.15, 0.2) is 44.6 Å². The van der Waals surface area contributed by atoms with Crippen molar-refractivity contribution in [2.75, 3.05) is 0 Å². The van der Waals surface area contributed by atoms with E-state index >= 15 is 0 Å². The van der Waals surface area contributed by atoms with Gasteiger partial charge in [0.2, 0.25) is 5.91 Å². The minimum absolute atomic E-state index is 0.259. The van der Waals surface area contributed by atoms with E-state index < -0.39 is 5.91 Å². The molecule has 0 unspecified atom stereocenters. The van der Waals surface area contributed by atoms with Crippen molar-refractivity contribution in [3.8, 4) is 11.3 Å². The van der Waals surface area contributed by atoms with Crippen molar-refractivity contribution in [3.63, 3.8) is 0 Å². The molecule has 0 atom stereocenters. The van der Waals surface area contributed by atoms with Crippen molar-refractivity contribution >= 4 is 58.0 Å². The van der Waals surface area contributed by atoms with Gasteiger partial charge in [-0.05, 0) is 42.1 Å². The molecule has 2 aromatic rings. The SMILES string of the molecule is CC(=O)NC1=NC(=O)/C(=C/c2ccc(-c3ccc(Cl)c(Cl)c3)o2)S1. The Morgan fingerprint density at radius 3 is 2.75 bits per heavy atom. The monoisotopic (exact) mass is 380 g/mol. The minimum Gasteiger partial charge on any atom is -0.457 e. The van der Waals surface area contributed by atoms with Crippen LogP contribution in [0.3, 0.4) is 0 Å². The molecule has 1 aliphatic heterocycles. The molecule has 122 valence electrons. The zero-order valence-electron chi connectivity index (χ0n) is 12.3. The number of thioether (sulfide) groups is 1. The van der Waals surface area contributed by atoms with Crippen molar-refractivity contribution in [1.82, 2.24) is 5.32 Å². The summed E-state index contributed by atoms with van der Waals surface area (Å²) in [6.45, 7) is 1.35. The maximum absolute atomic E-state index is 11.8. The van der Waals surface area contributed by atoms with Gasteiger partial charge in [0.1, 0.15) is 11.5 Å². The lowest BCUT2D eigenvalue weighted by Crippen LogP contribution is -2.23. The van der Waals surface area contributed by atoms with E-state index in [2.05, 4.69) is 10.3 Å². The highest BCUT2D eigenvalue weighted by Gasteiger charge is 2.23. The Balaban J connectivity index is 1.80. The Morgan fingerprint density at radius 1 is 1.25 bits per heavy atom. The molecular weight excluding hydrogens is 371 g/mol. The summed E-state index contributed by atoms with van der Waals surface area (Å²) in [5.74, 6) is 0.386. The van der Waals surface area contributed by atoms with E-state index in [9.17, 15) is 9.59 Å². The molecule has 1 aromatic heterocycles. The second-order valence-corrected chi connectivity index (χ2v) is 6.69. The summed E-state index contributed by atoms with van der Waals surface area (Å²) in [5, 5.41) is 3.64. The lowest BCUT2D eigenvalue weighted by atomic mass is 10.2. The van der Waals surface area contributed by atoms with E-state index in [1.54, 1.807) is 36.4 Å². The number of hydrogen-bond acceptors (Lipinski definition) is 4. The molecule has 3 rings (SSSR count). The van der Waals surface area contributed by atoms with E-state index in [0.717, 1.165) is 17.3 Å². The molecule has 1 N–H and O–H groups in total. The number of amides is 2. The van der Waals surface area contributed by atoms with Crippen LogP contribution in [0.2, 0.25) is 10.0 Å². The summed E-state index contributed by atoms with van der Waals surface area (Å²) in [5.41, 5.74) is 0.773. The molecule has 0 saturated heterocycles. The van der Waals surface area contributed by atoms with Crippen LogP contribution in [-0.2, 0) is 9.59 Å². The first-order valence-corrected chi connectivity index (χ1v) is 8.35. The zero-order valence-corrected chi connectivity index (χ0v) is 14.6. The van der Waals surface area contributed by atoms with Crippen molar-refractivity contribution in [3.05, 3.63) is 51.0 Å². The second-order valence-electron chi connectivity index (χ2n) is 4.84. The number of carbonyl (C=O) groups is 2. The first-order valence-electron chi connectivity index (χ1n) is 6.78. The first kappa shape index (κ1) is 16.8. The van der Waals surface area contributed by atoms with E-state index in [1.165, 1.54) is 6.92 Å². The van der Waals surface area contributed by atoms with Gasteiger partial charge in [-0.3, -0.25) is 9.59 Å². The quantitative estimate of drug-likeness (QED) is 0.785. The van der Waals surface area contributed by atoms with Gasteiger partial charge in [0.15, 0.2) is 5.17 Å². The highest BCUT2D eigenvalue weighted by Crippen LogP contribution is 2.32. The van der Waals surface area contributed by atoms with Gasteiger partial charge in [0.05, 0.1) is 15.0 Å². The van der Waals surface area contributed by atoms with Crippen LogP contribution in [0.4, 0.5) is 0 Å². The molecule has 0 fully saturated rings. The van der Waals surface area contributed by atoms with Gasteiger partial charge in [0.25, 0.3) is 5.91 Å². The number of halogens is 2. The lowest BCUT2D eigenvalue weighted by Gasteiger charge is -2.00. The minimum atomic E-state index is -0.420. The molecule has 2 amide bonds. The molecule has 0 aliphatic carbocycles. The average Bonchev–Trinajstić information content (AvgIpc) is 3.09. The fourth-order valence-electron chi connectivity index (χ4n) is 1.98. The molecule has 0 saturated carbocycles. The highest BCUT2D eigenvalue weighted by atomic mass is 35.5. The van der Waals surface area contributed by atoms with Gasteiger partial charge >= 0.3 is 0 Å². The maximum Gasteiger partial charge on any atom is 0.286 e. The number of carbonyl (C=O) groups excluding carboxylic acids is 2. The summed E-state index contributed by atoms with van der Waals surface area (Å²) in [6, 6.07) is 8.68. The topological polar surface area (TPSA) is 71.7 Å². The van der Waals surface area contributed by atoms with Crippen LogP contribution in [0.5, 0.6) is 0 Å². The number of furan rings is 1. The summed E-state index contributed by atoms with van der Waals surface area (Å²) in [6.07, 6.45) is 1.58. The van der Waals surface area contributed by atoms with Gasteiger partial charge < -0.3 is 9.73 Å². The first-order chi connectivity index (χ1) is 11.4. The average molecular weight is 381 g/mol. The molecule has 5 nitrogen and oxygen atoms in total. The van der Waals surface area contributed by atoms with Crippen LogP contribution in [0.1, 0.15) is 12.7 Å². The molecule has 24 heavy (non-hydrogen) atoms. The van der Waals surface area contributed by atoms with Gasteiger partial charge in [-0.1, -0.05) is 23.2 Å². The third kappa shape index (κ3) is 3.72. The Bertz CT molecular complexity index is 902. The fourth-order valence-corrected chi connectivity index (χ4v) is 3.12. The Labute approximate surface area is 151 Å². The number of hydrogen-bond donors (Lipinski definition) is 1. The summed E-state index contributed by atoms with van der Waals surface area (Å²) in [7, 11) is 0. The van der Waals surface area contributed by atoms with Gasteiger partial charge in [-0.2, -0.15) is 4.99 Å². The zero-order chi connectivity index (χ0) is 17.3. The van der Waals surface area contributed by atoms with Crippen LogP contribution in [0, 0.1) is 0 Å². The van der Waals surface area contributed by atoms with E-state index in [1.807, 2.05) is 0 Å². The van der Waals surface area contributed by atoms with Crippen molar-refractivity contribution < 1.29 is 14.0 Å². The maximum atomic E-state index is 11.8. The number of aliphatic imine (C=N–C) groups is 1. The standard InChI is InChI=1S/C16H10Cl2N2O3S/c1-8(21)19-16-20-15(22)14(24-16)7-10-3-5-13(23-10)9-2-4-11(17)12(18)6-9/h2-7H,1H3,(H,19,20,21,22)/b14-7-. The molecule has 2 heterocycles. The molecule has 0 radical (unpaired) electrons.